The van der Waals surface area contributed by atoms with Gasteiger partial charge in [-0.25, -0.2) is 18.1 Å². The van der Waals surface area contributed by atoms with Gasteiger partial charge in [0, 0.05) is 19.3 Å². The molecule has 6 nitrogen and oxygen atoms in total. The van der Waals surface area contributed by atoms with Crippen molar-refractivity contribution in [1.29, 1.82) is 0 Å². The van der Waals surface area contributed by atoms with Crippen LogP contribution in [0, 0.1) is 0 Å². The summed E-state index contributed by atoms with van der Waals surface area (Å²) in [6.07, 6.45) is 3.09. The Kier molecular flexibility index (Phi) is 3.45. The number of nitrogens with one attached hydrogen (secondary N) is 1. The van der Waals surface area contributed by atoms with Crippen LogP contribution >= 0.6 is 11.6 Å². The van der Waals surface area contributed by atoms with Gasteiger partial charge in [0.25, 0.3) is 10.0 Å². The molecule has 108 valence electrons. The molecule has 0 aliphatic heterocycles. The maximum Gasteiger partial charge on any atom is 0.260 e. The highest BCUT2D eigenvalue weighted by atomic mass is 35.5. The van der Waals surface area contributed by atoms with Gasteiger partial charge in [-0.05, 0) is 25.0 Å². The SMILES string of the molecule is COC1CC(NS(=O)(=O)c2c(Cl)nc3ccccn23)C1. The first-order chi connectivity index (χ1) is 9.51. The summed E-state index contributed by atoms with van der Waals surface area (Å²) in [7, 11) is -2.08. The second kappa shape index (κ2) is 5.00. The number of fused-ring (bicyclic) bond motifs is 1. The minimum atomic E-state index is -3.70. The summed E-state index contributed by atoms with van der Waals surface area (Å²) in [5.41, 5.74) is 0.501. The van der Waals surface area contributed by atoms with Gasteiger partial charge in [0.1, 0.15) is 5.65 Å². The second-order valence-electron chi connectivity index (χ2n) is 4.78. The van der Waals surface area contributed by atoms with E-state index in [0.717, 1.165) is 0 Å². The van der Waals surface area contributed by atoms with E-state index in [4.69, 9.17) is 16.3 Å². The zero-order valence-electron chi connectivity index (χ0n) is 10.8. The van der Waals surface area contributed by atoms with Gasteiger partial charge in [-0.2, -0.15) is 0 Å². The number of pyridine rings is 1. The van der Waals surface area contributed by atoms with Gasteiger partial charge in [-0.1, -0.05) is 17.7 Å². The molecular formula is C12H14ClN3O3S. The summed E-state index contributed by atoms with van der Waals surface area (Å²) >= 11 is 5.98. The molecular weight excluding hydrogens is 302 g/mol. The molecule has 2 aromatic heterocycles. The normalized spacial score (nSPS) is 22.9. The summed E-state index contributed by atoms with van der Waals surface area (Å²) in [5.74, 6) is 0. The van der Waals surface area contributed by atoms with Gasteiger partial charge >= 0.3 is 0 Å². The summed E-state index contributed by atoms with van der Waals surface area (Å²) < 4.78 is 34.1. The molecule has 1 fully saturated rings. The van der Waals surface area contributed by atoms with Crippen molar-refractivity contribution in [2.75, 3.05) is 7.11 Å². The molecule has 0 saturated heterocycles. The largest absolute Gasteiger partial charge is 0.381 e. The molecule has 2 heterocycles. The van der Waals surface area contributed by atoms with Crippen LogP contribution in [-0.2, 0) is 14.8 Å². The number of hydrogen-bond donors (Lipinski definition) is 1. The number of imidazole rings is 1. The van der Waals surface area contributed by atoms with Crippen LogP contribution < -0.4 is 4.72 Å². The summed E-state index contributed by atoms with van der Waals surface area (Å²) in [5, 5.41) is -0.0399. The first kappa shape index (κ1) is 13.8. The molecule has 0 amide bonds. The maximum atomic E-state index is 12.4. The Labute approximate surface area is 121 Å². The Bertz CT molecular complexity index is 737. The van der Waals surface area contributed by atoms with E-state index in [1.807, 2.05) is 0 Å². The van der Waals surface area contributed by atoms with E-state index < -0.39 is 10.0 Å². The van der Waals surface area contributed by atoms with Crippen molar-refractivity contribution in [1.82, 2.24) is 14.1 Å². The predicted molar refractivity (Wildman–Crippen MR) is 74.3 cm³/mol. The maximum absolute atomic E-state index is 12.4. The van der Waals surface area contributed by atoms with Gasteiger partial charge < -0.3 is 4.74 Å². The average molecular weight is 316 g/mol. The highest BCUT2D eigenvalue weighted by molar-refractivity contribution is 7.89. The average Bonchev–Trinajstić information content (AvgIpc) is 2.69. The smallest absolute Gasteiger partial charge is 0.260 e. The van der Waals surface area contributed by atoms with E-state index in [1.165, 1.54) is 4.40 Å². The monoisotopic (exact) mass is 315 g/mol. The molecule has 2 aromatic rings. The number of hydrogen-bond acceptors (Lipinski definition) is 4. The van der Waals surface area contributed by atoms with Crippen LogP contribution in [0.3, 0.4) is 0 Å². The lowest BCUT2D eigenvalue weighted by Gasteiger charge is -2.34. The number of ether oxygens (including phenoxy) is 1. The van der Waals surface area contributed by atoms with Crippen LogP contribution in [0.2, 0.25) is 5.15 Å². The predicted octanol–water partition coefficient (Wildman–Crippen LogP) is 1.44. The summed E-state index contributed by atoms with van der Waals surface area (Å²) in [4.78, 5) is 4.05. The number of methoxy groups -OCH3 is 1. The minimum Gasteiger partial charge on any atom is -0.381 e. The number of rotatable bonds is 4. The fourth-order valence-electron chi connectivity index (χ4n) is 2.31. The van der Waals surface area contributed by atoms with Crippen molar-refractivity contribution >= 4 is 27.3 Å². The zero-order valence-corrected chi connectivity index (χ0v) is 12.4. The van der Waals surface area contributed by atoms with E-state index in [9.17, 15) is 8.42 Å². The first-order valence-corrected chi connectivity index (χ1v) is 8.05. The van der Waals surface area contributed by atoms with Gasteiger partial charge in [0.05, 0.1) is 6.10 Å². The molecule has 1 aliphatic carbocycles. The van der Waals surface area contributed by atoms with Gasteiger partial charge in [-0.3, -0.25) is 4.40 Å². The van der Waals surface area contributed by atoms with Crippen LogP contribution in [0.5, 0.6) is 0 Å². The van der Waals surface area contributed by atoms with E-state index in [2.05, 4.69) is 9.71 Å². The molecule has 0 bridgehead atoms. The van der Waals surface area contributed by atoms with Crippen molar-refractivity contribution in [3.05, 3.63) is 29.5 Å². The topological polar surface area (TPSA) is 72.7 Å². The van der Waals surface area contributed by atoms with Crippen LogP contribution in [0.1, 0.15) is 12.8 Å². The van der Waals surface area contributed by atoms with Crippen molar-refractivity contribution in [2.24, 2.45) is 0 Å². The molecule has 0 atom stereocenters. The molecule has 1 aliphatic rings. The number of halogens is 1. The third-order valence-electron chi connectivity index (χ3n) is 3.45. The van der Waals surface area contributed by atoms with Crippen LogP contribution in [0.25, 0.3) is 5.65 Å². The molecule has 0 aromatic carbocycles. The van der Waals surface area contributed by atoms with Gasteiger partial charge in [-0.15, -0.1) is 0 Å². The van der Waals surface area contributed by atoms with Crippen molar-refractivity contribution in [2.45, 2.75) is 30.0 Å². The molecule has 0 unspecified atom stereocenters. The van der Waals surface area contributed by atoms with E-state index in [1.54, 1.807) is 31.5 Å². The third kappa shape index (κ3) is 2.31. The van der Waals surface area contributed by atoms with E-state index in [-0.39, 0.29) is 22.3 Å². The molecule has 0 radical (unpaired) electrons. The Morgan fingerprint density at radius 3 is 2.90 bits per heavy atom. The second-order valence-corrected chi connectivity index (χ2v) is 6.77. The quantitative estimate of drug-likeness (QED) is 0.926. The van der Waals surface area contributed by atoms with Crippen molar-refractivity contribution in [3.8, 4) is 0 Å². The number of nitrogens with zero attached hydrogens (tertiary/aromatic N) is 2. The fraction of sp³-hybridized carbons (Fsp3) is 0.417. The third-order valence-corrected chi connectivity index (χ3v) is 5.37. The number of aromatic nitrogens is 2. The lowest BCUT2D eigenvalue weighted by Crippen LogP contribution is -2.47. The van der Waals surface area contributed by atoms with Gasteiger partial charge in [0.15, 0.2) is 10.2 Å². The van der Waals surface area contributed by atoms with E-state index in [0.29, 0.717) is 18.5 Å². The zero-order chi connectivity index (χ0) is 14.3. The van der Waals surface area contributed by atoms with Gasteiger partial charge in [0.2, 0.25) is 0 Å². The molecule has 8 heteroatoms. The highest BCUT2D eigenvalue weighted by Crippen LogP contribution is 2.27. The van der Waals surface area contributed by atoms with Crippen molar-refractivity contribution in [3.63, 3.8) is 0 Å². The molecule has 1 N–H and O–H groups in total. The van der Waals surface area contributed by atoms with Crippen molar-refractivity contribution < 1.29 is 13.2 Å². The molecule has 3 rings (SSSR count). The molecule has 0 spiro atoms. The van der Waals surface area contributed by atoms with Crippen LogP contribution in [-0.4, -0.2) is 37.1 Å². The molecule has 1 saturated carbocycles. The van der Waals surface area contributed by atoms with E-state index >= 15 is 0 Å². The Morgan fingerprint density at radius 1 is 1.45 bits per heavy atom. The lowest BCUT2D eigenvalue weighted by molar-refractivity contribution is 0.0236. The highest BCUT2D eigenvalue weighted by Gasteiger charge is 2.34. The first-order valence-electron chi connectivity index (χ1n) is 6.19. The standard InChI is InChI=1S/C12H14ClN3O3S/c1-19-9-6-8(7-9)15-20(17,18)12-11(13)14-10-4-2-3-5-16(10)12/h2-5,8-9,15H,6-7H2,1H3. The van der Waals surface area contributed by atoms with Crippen LogP contribution in [0.4, 0.5) is 0 Å². The lowest BCUT2D eigenvalue weighted by atomic mass is 9.90. The number of sulfonamides is 1. The fourth-order valence-corrected chi connectivity index (χ4v) is 4.22. The Hall–Kier alpha value is -1.15. The Balaban J connectivity index is 1.92. The minimum absolute atomic E-state index is 0.0179. The summed E-state index contributed by atoms with van der Waals surface area (Å²) in [6.45, 7) is 0. The summed E-state index contributed by atoms with van der Waals surface area (Å²) in [6, 6.07) is 5.09. The van der Waals surface area contributed by atoms with Crippen LogP contribution in [0.15, 0.2) is 29.4 Å². The Morgan fingerprint density at radius 2 is 2.20 bits per heavy atom. The molecule has 20 heavy (non-hydrogen) atoms.